The van der Waals surface area contributed by atoms with E-state index < -0.39 is 0 Å². The quantitative estimate of drug-likeness (QED) is 0.832. The lowest BCUT2D eigenvalue weighted by Crippen LogP contribution is -2.36. The Labute approximate surface area is 117 Å². The molecular weight excluding hydrogens is 232 g/mol. The van der Waals surface area contributed by atoms with Crippen LogP contribution in [0.4, 0.5) is 5.69 Å². The number of nitrogens with one attached hydrogen (secondary N) is 1. The highest BCUT2D eigenvalue weighted by Gasteiger charge is 2.45. The molecule has 2 heteroatoms. The summed E-state index contributed by atoms with van der Waals surface area (Å²) >= 11 is 0. The van der Waals surface area contributed by atoms with Gasteiger partial charge in [0, 0.05) is 36.8 Å². The maximum absolute atomic E-state index is 3.71. The molecule has 1 aliphatic carbocycles. The Morgan fingerprint density at radius 3 is 2.37 bits per heavy atom. The van der Waals surface area contributed by atoms with E-state index in [2.05, 4.69) is 50.0 Å². The smallest absolute Gasteiger partial charge is 0.0426 e. The van der Waals surface area contributed by atoms with Crippen molar-refractivity contribution in [1.82, 2.24) is 5.32 Å². The molecule has 1 aliphatic heterocycles. The van der Waals surface area contributed by atoms with E-state index in [0.717, 1.165) is 6.54 Å². The van der Waals surface area contributed by atoms with Gasteiger partial charge in [-0.15, -0.1) is 0 Å². The van der Waals surface area contributed by atoms with Gasteiger partial charge in [-0.2, -0.15) is 0 Å². The normalized spacial score (nSPS) is 25.5. The van der Waals surface area contributed by atoms with Crippen molar-refractivity contribution in [2.45, 2.75) is 46.6 Å². The lowest BCUT2D eigenvalue weighted by molar-refractivity contribution is 0.479. The molecule has 1 spiro atoms. The van der Waals surface area contributed by atoms with Crippen molar-refractivity contribution in [3.8, 4) is 0 Å². The van der Waals surface area contributed by atoms with Crippen molar-refractivity contribution in [3.05, 3.63) is 28.8 Å². The van der Waals surface area contributed by atoms with E-state index in [4.69, 9.17) is 0 Å². The third-order valence-corrected chi connectivity index (χ3v) is 4.75. The summed E-state index contributed by atoms with van der Waals surface area (Å²) in [5.74, 6) is 0. The molecule has 0 radical (unpaired) electrons. The fourth-order valence-electron chi connectivity index (χ4n) is 3.66. The Hall–Kier alpha value is -1.02. The van der Waals surface area contributed by atoms with E-state index in [0.29, 0.717) is 11.5 Å². The predicted octanol–water partition coefficient (Wildman–Crippen LogP) is 3.19. The molecular formula is C17H26N2. The van der Waals surface area contributed by atoms with Gasteiger partial charge in [-0.3, -0.25) is 0 Å². The number of benzene rings is 1. The first-order valence-corrected chi connectivity index (χ1v) is 7.55. The SMILES string of the molecule is Cc1cc(C)c(N2CC(C)NCC3(CC3)C2)c(C)c1. The number of hydrogen-bond donors (Lipinski definition) is 1. The second-order valence-corrected chi connectivity index (χ2v) is 6.91. The molecule has 19 heavy (non-hydrogen) atoms. The number of rotatable bonds is 1. The average molecular weight is 258 g/mol. The van der Waals surface area contributed by atoms with Crippen LogP contribution in [0.15, 0.2) is 12.1 Å². The fraction of sp³-hybridized carbons (Fsp3) is 0.647. The predicted molar refractivity (Wildman–Crippen MR) is 82.0 cm³/mol. The maximum Gasteiger partial charge on any atom is 0.0426 e. The van der Waals surface area contributed by atoms with E-state index in [9.17, 15) is 0 Å². The summed E-state index contributed by atoms with van der Waals surface area (Å²) in [6.07, 6.45) is 2.79. The third kappa shape index (κ3) is 2.51. The van der Waals surface area contributed by atoms with E-state index >= 15 is 0 Å². The summed E-state index contributed by atoms with van der Waals surface area (Å²) in [7, 11) is 0. The summed E-state index contributed by atoms with van der Waals surface area (Å²) in [5.41, 5.74) is 6.28. The lowest BCUT2D eigenvalue weighted by atomic mass is 10.0. The van der Waals surface area contributed by atoms with Crippen LogP contribution in [0.5, 0.6) is 0 Å². The molecule has 1 N–H and O–H groups in total. The molecule has 0 aromatic heterocycles. The molecule has 104 valence electrons. The first kappa shape index (κ1) is 13.0. The summed E-state index contributed by atoms with van der Waals surface area (Å²) in [5, 5.41) is 3.71. The summed E-state index contributed by atoms with van der Waals surface area (Å²) in [4.78, 5) is 2.64. The van der Waals surface area contributed by atoms with Crippen molar-refractivity contribution in [1.29, 1.82) is 0 Å². The van der Waals surface area contributed by atoms with Crippen molar-refractivity contribution in [2.75, 3.05) is 24.5 Å². The molecule has 1 aromatic rings. The highest BCUT2D eigenvalue weighted by molar-refractivity contribution is 5.60. The molecule has 1 aromatic carbocycles. The van der Waals surface area contributed by atoms with Crippen LogP contribution in [0.2, 0.25) is 0 Å². The van der Waals surface area contributed by atoms with Gasteiger partial charge in [-0.1, -0.05) is 17.7 Å². The van der Waals surface area contributed by atoms with E-state index in [1.165, 1.54) is 48.3 Å². The van der Waals surface area contributed by atoms with Gasteiger partial charge in [-0.05, 0) is 51.7 Å². The van der Waals surface area contributed by atoms with Crippen LogP contribution in [0.25, 0.3) is 0 Å². The molecule has 0 bridgehead atoms. The van der Waals surface area contributed by atoms with Gasteiger partial charge in [0.25, 0.3) is 0 Å². The molecule has 1 heterocycles. The van der Waals surface area contributed by atoms with Gasteiger partial charge in [0.2, 0.25) is 0 Å². The zero-order valence-electron chi connectivity index (χ0n) is 12.7. The molecule has 1 atom stereocenters. The monoisotopic (exact) mass is 258 g/mol. The van der Waals surface area contributed by atoms with Crippen LogP contribution in [0.3, 0.4) is 0 Å². The average Bonchev–Trinajstić information content (AvgIpc) is 3.07. The first-order valence-electron chi connectivity index (χ1n) is 7.55. The fourth-order valence-corrected chi connectivity index (χ4v) is 3.66. The Bertz CT molecular complexity index is 465. The highest BCUT2D eigenvalue weighted by atomic mass is 15.2. The van der Waals surface area contributed by atoms with Crippen molar-refractivity contribution in [2.24, 2.45) is 5.41 Å². The zero-order valence-corrected chi connectivity index (χ0v) is 12.7. The summed E-state index contributed by atoms with van der Waals surface area (Å²) in [6.45, 7) is 12.6. The largest absolute Gasteiger partial charge is 0.369 e. The van der Waals surface area contributed by atoms with E-state index in [-0.39, 0.29) is 0 Å². The minimum Gasteiger partial charge on any atom is -0.369 e. The van der Waals surface area contributed by atoms with Gasteiger partial charge in [0.1, 0.15) is 0 Å². The minimum absolute atomic E-state index is 0.564. The Kier molecular flexibility index (Phi) is 3.09. The number of hydrogen-bond acceptors (Lipinski definition) is 2. The first-order chi connectivity index (χ1) is 8.99. The second-order valence-electron chi connectivity index (χ2n) is 6.91. The van der Waals surface area contributed by atoms with Gasteiger partial charge in [0.05, 0.1) is 0 Å². The van der Waals surface area contributed by atoms with Gasteiger partial charge < -0.3 is 10.2 Å². The van der Waals surface area contributed by atoms with Crippen LogP contribution < -0.4 is 10.2 Å². The standard InChI is InChI=1S/C17H26N2/c1-12-7-13(2)16(14(3)8-12)19-9-15(4)18-10-17(11-19)5-6-17/h7-8,15,18H,5-6,9-11H2,1-4H3. The van der Waals surface area contributed by atoms with Crippen molar-refractivity contribution >= 4 is 5.69 Å². The van der Waals surface area contributed by atoms with Crippen LogP contribution >= 0.6 is 0 Å². The molecule has 3 rings (SSSR count). The summed E-state index contributed by atoms with van der Waals surface area (Å²) in [6, 6.07) is 5.23. The van der Waals surface area contributed by atoms with Crippen LogP contribution in [0, 0.1) is 26.2 Å². The van der Waals surface area contributed by atoms with E-state index in [1.54, 1.807) is 0 Å². The highest BCUT2D eigenvalue weighted by Crippen LogP contribution is 2.47. The lowest BCUT2D eigenvalue weighted by Gasteiger charge is -2.30. The van der Waals surface area contributed by atoms with Gasteiger partial charge in [-0.25, -0.2) is 0 Å². The topological polar surface area (TPSA) is 15.3 Å². The number of aryl methyl sites for hydroxylation is 3. The molecule has 0 amide bonds. The Morgan fingerprint density at radius 1 is 1.16 bits per heavy atom. The Morgan fingerprint density at radius 2 is 1.79 bits per heavy atom. The molecule has 1 unspecified atom stereocenters. The molecule has 1 saturated carbocycles. The van der Waals surface area contributed by atoms with Crippen LogP contribution in [0.1, 0.15) is 36.5 Å². The number of nitrogens with zero attached hydrogens (tertiary/aromatic N) is 1. The van der Waals surface area contributed by atoms with Crippen molar-refractivity contribution < 1.29 is 0 Å². The molecule has 1 saturated heterocycles. The number of anilines is 1. The minimum atomic E-state index is 0.564. The van der Waals surface area contributed by atoms with Crippen LogP contribution in [-0.2, 0) is 0 Å². The van der Waals surface area contributed by atoms with Gasteiger partial charge in [0.15, 0.2) is 0 Å². The third-order valence-electron chi connectivity index (χ3n) is 4.75. The second kappa shape index (κ2) is 4.52. The van der Waals surface area contributed by atoms with E-state index in [1.807, 2.05) is 0 Å². The summed E-state index contributed by atoms with van der Waals surface area (Å²) < 4.78 is 0. The molecule has 2 nitrogen and oxygen atoms in total. The molecule has 2 aliphatic rings. The van der Waals surface area contributed by atoms with Crippen LogP contribution in [-0.4, -0.2) is 25.7 Å². The van der Waals surface area contributed by atoms with Crippen molar-refractivity contribution in [3.63, 3.8) is 0 Å². The van der Waals surface area contributed by atoms with Gasteiger partial charge >= 0.3 is 0 Å². The molecule has 2 fully saturated rings. The zero-order chi connectivity index (χ0) is 13.6. The maximum atomic E-state index is 3.71. The Balaban J connectivity index is 1.95.